The number of hydrogen-bond acceptors (Lipinski definition) is 4. The van der Waals surface area contributed by atoms with Crippen molar-refractivity contribution in [2.45, 2.75) is 20.3 Å². The van der Waals surface area contributed by atoms with Gasteiger partial charge in [-0.2, -0.15) is 10.1 Å². The van der Waals surface area contributed by atoms with E-state index in [0.29, 0.717) is 18.1 Å². The number of carbonyl (C=O) groups excluding carboxylic acids is 1. The average molecular weight is 349 g/mol. The van der Waals surface area contributed by atoms with Crippen LogP contribution in [-0.2, 0) is 6.42 Å². The summed E-state index contributed by atoms with van der Waals surface area (Å²) in [6, 6.07) is 1.97. The lowest BCUT2D eigenvalue weighted by atomic mass is 10.2. The average Bonchev–Trinajstić information content (AvgIpc) is 3.05. The van der Waals surface area contributed by atoms with Crippen LogP contribution in [0.15, 0.2) is 23.1 Å². The second kappa shape index (κ2) is 5.28. The Balaban J connectivity index is 2.13. The van der Waals surface area contributed by atoms with Crippen LogP contribution < -0.4 is 5.32 Å². The molecule has 0 fully saturated rings. The van der Waals surface area contributed by atoms with E-state index >= 15 is 0 Å². The molecule has 0 aliphatic carbocycles. The maximum absolute atomic E-state index is 12.5. The number of carbonyl (C=O) groups is 1. The summed E-state index contributed by atoms with van der Waals surface area (Å²) >= 11 is 3.49. The SMILES string of the molecule is CCc1nc2c(Br)cc(C)cn2c1C(=O)Nc1ncn[nH]1. The molecule has 0 saturated carbocycles. The maximum Gasteiger partial charge on any atom is 0.276 e. The standard InChI is InChI=1S/C13H13BrN6O/c1-3-9-10(12(21)18-13-15-6-16-19-13)20-5-7(2)4-8(14)11(20)17-9/h4-6H,3H2,1-2H3,(H2,15,16,18,19,21). The predicted octanol–water partition coefficient (Wildman–Crippen LogP) is 2.34. The van der Waals surface area contributed by atoms with Gasteiger partial charge in [0.05, 0.1) is 10.2 Å². The van der Waals surface area contributed by atoms with E-state index < -0.39 is 0 Å². The molecular weight excluding hydrogens is 336 g/mol. The molecule has 0 aliphatic heterocycles. The maximum atomic E-state index is 12.5. The van der Waals surface area contributed by atoms with Crippen molar-refractivity contribution in [1.29, 1.82) is 0 Å². The van der Waals surface area contributed by atoms with E-state index in [1.54, 1.807) is 4.40 Å². The number of fused-ring (bicyclic) bond motifs is 1. The van der Waals surface area contributed by atoms with E-state index in [1.165, 1.54) is 6.33 Å². The third-order valence-corrected chi connectivity index (χ3v) is 3.66. The summed E-state index contributed by atoms with van der Waals surface area (Å²) in [5, 5.41) is 9.00. The summed E-state index contributed by atoms with van der Waals surface area (Å²) in [4.78, 5) is 20.9. The number of rotatable bonds is 3. The quantitative estimate of drug-likeness (QED) is 0.760. The lowest BCUT2D eigenvalue weighted by Gasteiger charge is -2.05. The molecule has 1 amide bonds. The highest BCUT2D eigenvalue weighted by molar-refractivity contribution is 9.10. The zero-order valence-electron chi connectivity index (χ0n) is 11.5. The minimum Gasteiger partial charge on any atom is -0.294 e. The van der Waals surface area contributed by atoms with Crippen LogP contribution >= 0.6 is 15.9 Å². The molecule has 0 bridgehead atoms. The number of hydrogen-bond donors (Lipinski definition) is 2. The lowest BCUT2D eigenvalue weighted by molar-refractivity contribution is 0.101. The summed E-state index contributed by atoms with van der Waals surface area (Å²) in [6.07, 6.45) is 3.89. The second-order valence-electron chi connectivity index (χ2n) is 4.61. The fourth-order valence-corrected chi connectivity index (χ4v) is 2.84. The van der Waals surface area contributed by atoms with Crippen molar-refractivity contribution in [3.05, 3.63) is 40.0 Å². The number of aryl methyl sites for hydroxylation is 2. The molecule has 3 aromatic heterocycles. The summed E-state index contributed by atoms with van der Waals surface area (Å²) in [6.45, 7) is 3.93. The van der Waals surface area contributed by atoms with Crippen LogP contribution in [0.3, 0.4) is 0 Å². The Bertz CT molecular complexity index is 808. The molecule has 3 heterocycles. The Hall–Kier alpha value is -2.22. The molecule has 0 radical (unpaired) electrons. The molecule has 108 valence electrons. The summed E-state index contributed by atoms with van der Waals surface area (Å²) < 4.78 is 2.65. The highest BCUT2D eigenvalue weighted by Gasteiger charge is 2.20. The molecule has 0 aliphatic rings. The van der Waals surface area contributed by atoms with Crippen molar-refractivity contribution in [3.8, 4) is 0 Å². The smallest absolute Gasteiger partial charge is 0.276 e. The van der Waals surface area contributed by atoms with Crippen LogP contribution in [-0.4, -0.2) is 30.5 Å². The van der Waals surface area contributed by atoms with E-state index in [1.807, 2.05) is 26.1 Å². The van der Waals surface area contributed by atoms with E-state index in [4.69, 9.17) is 0 Å². The highest BCUT2D eigenvalue weighted by atomic mass is 79.9. The van der Waals surface area contributed by atoms with Gasteiger partial charge in [0, 0.05) is 6.20 Å². The highest BCUT2D eigenvalue weighted by Crippen LogP contribution is 2.23. The van der Waals surface area contributed by atoms with E-state index in [9.17, 15) is 4.79 Å². The van der Waals surface area contributed by atoms with Gasteiger partial charge < -0.3 is 0 Å². The van der Waals surface area contributed by atoms with Crippen LogP contribution in [0.25, 0.3) is 5.65 Å². The number of anilines is 1. The number of pyridine rings is 1. The van der Waals surface area contributed by atoms with Gasteiger partial charge in [-0.3, -0.25) is 14.5 Å². The van der Waals surface area contributed by atoms with Crippen molar-refractivity contribution in [2.75, 3.05) is 5.32 Å². The van der Waals surface area contributed by atoms with Crippen molar-refractivity contribution in [3.63, 3.8) is 0 Å². The summed E-state index contributed by atoms with van der Waals surface area (Å²) in [5.41, 5.74) is 3.00. The number of nitrogens with zero attached hydrogens (tertiary/aromatic N) is 4. The fraction of sp³-hybridized carbons (Fsp3) is 0.231. The first kappa shape index (κ1) is 13.7. The van der Waals surface area contributed by atoms with Crippen molar-refractivity contribution in [1.82, 2.24) is 24.6 Å². The predicted molar refractivity (Wildman–Crippen MR) is 81.3 cm³/mol. The molecule has 0 saturated heterocycles. The Kier molecular flexibility index (Phi) is 3.46. The fourth-order valence-electron chi connectivity index (χ4n) is 2.20. The van der Waals surface area contributed by atoms with Gasteiger partial charge in [-0.15, -0.1) is 0 Å². The third kappa shape index (κ3) is 2.42. The second-order valence-corrected chi connectivity index (χ2v) is 5.46. The van der Waals surface area contributed by atoms with Gasteiger partial charge in [-0.1, -0.05) is 6.92 Å². The Morgan fingerprint density at radius 3 is 3.00 bits per heavy atom. The largest absolute Gasteiger partial charge is 0.294 e. The molecule has 0 unspecified atom stereocenters. The normalized spacial score (nSPS) is 11.0. The van der Waals surface area contributed by atoms with Crippen molar-refractivity contribution < 1.29 is 4.79 Å². The topological polar surface area (TPSA) is 88.0 Å². The van der Waals surface area contributed by atoms with Gasteiger partial charge in [-0.05, 0) is 40.9 Å². The molecule has 3 rings (SSSR count). The van der Waals surface area contributed by atoms with Gasteiger partial charge in [0.2, 0.25) is 5.95 Å². The first-order valence-electron chi connectivity index (χ1n) is 6.44. The monoisotopic (exact) mass is 348 g/mol. The minimum atomic E-state index is -0.270. The van der Waals surface area contributed by atoms with Crippen LogP contribution in [0.2, 0.25) is 0 Å². The summed E-state index contributed by atoms with van der Waals surface area (Å²) in [7, 11) is 0. The Morgan fingerprint density at radius 2 is 2.33 bits per heavy atom. The Labute approximate surface area is 128 Å². The van der Waals surface area contributed by atoms with E-state index in [2.05, 4.69) is 41.4 Å². The third-order valence-electron chi connectivity index (χ3n) is 3.08. The number of aromatic nitrogens is 5. The number of H-pyrrole nitrogens is 1. The zero-order chi connectivity index (χ0) is 15.0. The van der Waals surface area contributed by atoms with Crippen LogP contribution in [0, 0.1) is 6.92 Å². The molecule has 21 heavy (non-hydrogen) atoms. The van der Waals surface area contributed by atoms with Crippen LogP contribution in [0.4, 0.5) is 5.95 Å². The van der Waals surface area contributed by atoms with Gasteiger partial charge in [0.1, 0.15) is 12.0 Å². The first-order chi connectivity index (χ1) is 10.1. The molecule has 8 heteroatoms. The van der Waals surface area contributed by atoms with Crippen LogP contribution in [0.5, 0.6) is 0 Å². The molecule has 0 spiro atoms. The Morgan fingerprint density at radius 1 is 1.52 bits per heavy atom. The number of nitrogens with one attached hydrogen (secondary N) is 2. The van der Waals surface area contributed by atoms with E-state index in [0.717, 1.165) is 21.4 Å². The number of imidazole rings is 1. The summed E-state index contributed by atoms with van der Waals surface area (Å²) in [5.74, 6) is 0.0392. The van der Waals surface area contributed by atoms with E-state index in [-0.39, 0.29) is 5.91 Å². The number of amides is 1. The molecule has 2 N–H and O–H groups in total. The molecule has 0 aromatic carbocycles. The van der Waals surface area contributed by atoms with Gasteiger partial charge in [0.15, 0.2) is 5.65 Å². The molecule has 0 atom stereocenters. The van der Waals surface area contributed by atoms with Crippen molar-refractivity contribution >= 4 is 33.4 Å². The molecule has 3 aromatic rings. The zero-order valence-corrected chi connectivity index (χ0v) is 13.1. The van der Waals surface area contributed by atoms with Gasteiger partial charge in [0.25, 0.3) is 5.91 Å². The van der Waals surface area contributed by atoms with Crippen molar-refractivity contribution in [2.24, 2.45) is 0 Å². The lowest BCUT2D eigenvalue weighted by Crippen LogP contribution is -2.17. The molecule has 7 nitrogen and oxygen atoms in total. The van der Waals surface area contributed by atoms with Crippen LogP contribution in [0.1, 0.15) is 28.7 Å². The number of halogens is 1. The minimum absolute atomic E-state index is 0.270. The van der Waals surface area contributed by atoms with Gasteiger partial charge >= 0.3 is 0 Å². The molecular formula is C13H13BrN6O. The van der Waals surface area contributed by atoms with Gasteiger partial charge in [-0.25, -0.2) is 10.1 Å². The first-order valence-corrected chi connectivity index (χ1v) is 7.23. The number of aromatic amines is 1.